The highest BCUT2D eigenvalue weighted by molar-refractivity contribution is 5.69. The molecule has 0 heterocycles. The minimum absolute atomic E-state index is 0.0221. The smallest absolute Gasteiger partial charge is 0.305 e. The third kappa shape index (κ3) is 33.7. The van der Waals surface area contributed by atoms with E-state index in [-0.39, 0.29) is 24.0 Å². The molecule has 0 rings (SSSR count). The summed E-state index contributed by atoms with van der Waals surface area (Å²) in [5.41, 5.74) is 0.0221. The summed E-state index contributed by atoms with van der Waals surface area (Å²) in [6.07, 6.45) is 31.8. The summed E-state index contributed by atoms with van der Waals surface area (Å²) >= 11 is 0. The van der Waals surface area contributed by atoms with Crippen molar-refractivity contribution in [3.8, 4) is 0 Å². The van der Waals surface area contributed by atoms with E-state index >= 15 is 0 Å². The first-order valence-corrected chi connectivity index (χ1v) is 21.4. The molecular weight excluding hydrogens is 610 g/mol. The Labute approximate surface area is 305 Å². The van der Waals surface area contributed by atoms with E-state index in [1.54, 1.807) is 0 Å². The van der Waals surface area contributed by atoms with Gasteiger partial charge in [0.15, 0.2) is 0 Å². The summed E-state index contributed by atoms with van der Waals surface area (Å²) in [4.78, 5) is 27.0. The molecule has 0 saturated carbocycles. The fourth-order valence-electron chi connectivity index (χ4n) is 6.90. The van der Waals surface area contributed by atoms with E-state index in [9.17, 15) is 14.7 Å². The summed E-state index contributed by atoms with van der Waals surface area (Å²) in [5, 5.41) is 9.26. The van der Waals surface area contributed by atoms with Gasteiger partial charge in [-0.15, -0.1) is 0 Å². The summed E-state index contributed by atoms with van der Waals surface area (Å²) in [5.74, 6) is 0.818. The topological polar surface area (TPSA) is 76.1 Å². The van der Waals surface area contributed by atoms with Crippen LogP contribution in [0.2, 0.25) is 0 Å². The highest BCUT2D eigenvalue weighted by atomic mass is 16.5. The zero-order valence-electron chi connectivity index (χ0n) is 33.6. The standard InChI is InChI=1S/C43H85NO5/c1-6-9-10-11-12-16-27-38-48-41(46)31-20-14-13-15-23-34-44(36-25-26-37-45)35-24-18-22-33-43(4,5)39-49-42(47)32-21-17-19-30-40(28-7-2)29-8-3/h40,45H,6-39H2,1-5H3. The first-order valence-electron chi connectivity index (χ1n) is 21.4. The lowest BCUT2D eigenvalue weighted by molar-refractivity contribution is -0.147. The fourth-order valence-corrected chi connectivity index (χ4v) is 6.90. The summed E-state index contributed by atoms with van der Waals surface area (Å²) < 4.78 is 11.1. The molecule has 0 aromatic carbocycles. The Morgan fingerprint density at radius 1 is 0.551 bits per heavy atom. The lowest BCUT2D eigenvalue weighted by Crippen LogP contribution is -2.27. The van der Waals surface area contributed by atoms with Crippen molar-refractivity contribution in [2.24, 2.45) is 11.3 Å². The van der Waals surface area contributed by atoms with Crippen molar-refractivity contribution in [3.63, 3.8) is 0 Å². The minimum atomic E-state index is -0.0261. The average molecular weight is 696 g/mol. The van der Waals surface area contributed by atoms with Gasteiger partial charge in [-0.05, 0) is 82.3 Å². The fraction of sp³-hybridized carbons (Fsp3) is 0.953. The number of carbonyl (C=O) groups excluding carboxylic acids is 2. The first kappa shape index (κ1) is 47.9. The molecule has 0 spiro atoms. The van der Waals surface area contributed by atoms with Crippen LogP contribution < -0.4 is 0 Å². The van der Waals surface area contributed by atoms with Crippen molar-refractivity contribution in [2.75, 3.05) is 39.5 Å². The Morgan fingerprint density at radius 2 is 1.04 bits per heavy atom. The van der Waals surface area contributed by atoms with Crippen LogP contribution >= 0.6 is 0 Å². The number of aliphatic hydroxyl groups is 1. The van der Waals surface area contributed by atoms with E-state index in [1.165, 1.54) is 109 Å². The molecular formula is C43H85NO5. The third-order valence-electron chi connectivity index (χ3n) is 10.1. The second-order valence-corrected chi connectivity index (χ2v) is 15.8. The Kier molecular flexibility index (Phi) is 34.5. The van der Waals surface area contributed by atoms with Crippen molar-refractivity contribution in [1.82, 2.24) is 4.90 Å². The van der Waals surface area contributed by atoms with E-state index in [0.717, 1.165) is 83.3 Å². The van der Waals surface area contributed by atoms with Gasteiger partial charge in [0.25, 0.3) is 0 Å². The molecule has 0 aliphatic rings. The second kappa shape index (κ2) is 35.3. The number of ether oxygens (including phenoxy) is 2. The SMILES string of the molecule is CCCCCCCCCOC(=O)CCCCCCCN(CCCCO)CCCCCC(C)(C)COC(=O)CCCCCC(CCC)CCC. The number of hydrogen-bond donors (Lipinski definition) is 1. The van der Waals surface area contributed by atoms with E-state index in [2.05, 4.69) is 39.5 Å². The van der Waals surface area contributed by atoms with E-state index in [0.29, 0.717) is 26.1 Å². The molecule has 0 fully saturated rings. The van der Waals surface area contributed by atoms with E-state index in [1.807, 2.05) is 0 Å². The molecule has 6 nitrogen and oxygen atoms in total. The van der Waals surface area contributed by atoms with E-state index in [4.69, 9.17) is 9.47 Å². The van der Waals surface area contributed by atoms with Crippen molar-refractivity contribution >= 4 is 11.9 Å². The summed E-state index contributed by atoms with van der Waals surface area (Å²) in [7, 11) is 0. The zero-order valence-corrected chi connectivity index (χ0v) is 33.6. The first-order chi connectivity index (χ1) is 23.8. The third-order valence-corrected chi connectivity index (χ3v) is 10.1. The maximum atomic E-state index is 12.4. The Hall–Kier alpha value is -1.14. The van der Waals surface area contributed by atoms with Gasteiger partial charge in [0.1, 0.15) is 0 Å². The molecule has 0 bridgehead atoms. The number of unbranched alkanes of at least 4 members (excludes halogenated alkanes) is 15. The van der Waals surface area contributed by atoms with Crippen molar-refractivity contribution in [2.45, 2.75) is 214 Å². The lowest BCUT2D eigenvalue weighted by atomic mass is 9.88. The maximum absolute atomic E-state index is 12.4. The normalized spacial score (nSPS) is 11.9. The van der Waals surface area contributed by atoms with Crippen LogP contribution in [0.5, 0.6) is 0 Å². The van der Waals surface area contributed by atoms with Crippen LogP contribution in [0.1, 0.15) is 214 Å². The van der Waals surface area contributed by atoms with Crippen molar-refractivity contribution in [1.29, 1.82) is 0 Å². The van der Waals surface area contributed by atoms with Gasteiger partial charge in [0.2, 0.25) is 0 Å². The number of esters is 2. The number of carbonyl (C=O) groups is 2. The van der Waals surface area contributed by atoms with Gasteiger partial charge in [-0.25, -0.2) is 0 Å². The molecule has 292 valence electrons. The van der Waals surface area contributed by atoms with Gasteiger partial charge in [0.05, 0.1) is 13.2 Å². The highest BCUT2D eigenvalue weighted by Gasteiger charge is 2.20. The summed E-state index contributed by atoms with van der Waals surface area (Å²) in [6.45, 7) is 15.9. The monoisotopic (exact) mass is 696 g/mol. The van der Waals surface area contributed by atoms with Crippen molar-refractivity contribution < 1.29 is 24.2 Å². The van der Waals surface area contributed by atoms with Crippen LogP contribution in [0.4, 0.5) is 0 Å². The van der Waals surface area contributed by atoms with E-state index < -0.39 is 0 Å². The van der Waals surface area contributed by atoms with Crippen LogP contribution in [-0.4, -0.2) is 61.4 Å². The molecule has 0 atom stereocenters. The minimum Gasteiger partial charge on any atom is -0.466 e. The molecule has 0 aliphatic heterocycles. The van der Waals surface area contributed by atoms with Gasteiger partial charge >= 0.3 is 11.9 Å². The van der Waals surface area contributed by atoms with Gasteiger partial charge in [-0.3, -0.25) is 9.59 Å². The van der Waals surface area contributed by atoms with Crippen LogP contribution in [-0.2, 0) is 19.1 Å². The quantitative estimate of drug-likeness (QED) is 0.0512. The second-order valence-electron chi connectivity index (χ2n) is 15.8. The Balaban J connectivity index is 3.99. The van der Waals surface area contributed by atoms with Crippen LogP contribution in [0.25, 0.3) is 0 Å². The number of rotatable bonds is 38. The molecule has 0 unspecified atom stereocenters. The number of aliphatic hydroxyl groups excluding tert-OH is 1. The number of nitrogens with zero attached hydrogens (tertiary/aromatic N) is 1. The van der Waals surface area contributed by atoms with Crippen LogP contribution in [0.15, 0.2) is 0 Å². The molecule has 0 aliphatic carbocycles. The van der Waals surface area contributed by atoms with Gasteiger partial charge in [-0.2, -0.15) is 0 Å². The molecule has 0 amide bonds. The highest BCUT2D eigenvalue weighted by Crippen LogP contribution is 2.25. The predicted molar refractivity (Wildman–Crippen MR) is 209 cm³/mol. The van der Waals surface area contributed by atoms with Crippen LogP contribution in [0, 0.1) is 11.3 Å². The zero-order chi connectivity index (χ0) is 36.3. The van der Waals surface area contributed by atoms with Gasteiger partial charge < -0.3 is 19.5 Å². The molecule has 0 saturated heterocycles. The molecule has 1 N–H and O–H groups in total. The maximum Gasteiger partial charge on any atom is 0.305 e. The van der Waals surface area contributed by atoms with Crippen molar-refractivity contribution in [3.05, 3.63) is 0 Å². The Morgan fingerprint density at radius 3 is 1.63 bits per heavy atom. The van der Waals surface area contributed by atoms with Gasteiger partial charge in [0, 0.05) is 19.4 Å². The summed E-state index contributed by atoms with van der Waals surface area (Å²) in [6, 6.07) is 0. The molecule has 49 heavy (non-hydrogen) atoms. The molecule has 0 radical (unpaired) electrons. The molecule has 6 heteroatoms. The average Bonchev–Trinajstić information content (AvgIpc) is 3.07. The number of hydrogen-bond acceptors (Lipinski definition) is 6. The molecule has 0 aromatic rings. The Bertz CT molecular complexity index is 721. The molecule has 0 aromatic heterocycles. The largest absolute Gasteiger partial charge is 0.466 e. The predicted octanol–water partition coefficient (Wildman–Crippen LogP) is 12.0. The lowest BCUT2D eigenvalue weighted by Gasteiger charge is -2.25. The van der Waals surface area contributed by atoms with Gasteiger partial charge in [-0.1, -0.05) is 150 Å². The van der Waals surface area contributed by atoms with Crippen LogP contribution in [0.3, 0.4) is 0 Å².